The van der Waals surface area contributed by atoms with Crippen LogP contribution in [0.4, 0.5) is 0 Å². The molecule has 0 bridgehead atoms. The van der Waals surface area contributed by atoms with E-state index in [-0.39, 0.29) is 0 Å². The first kappa shape index (κ1) is 31.9. The molecule has 12 rings (SSSR count). The van der Waals surface area contributed by atoms with Crippen molar-refractivity contribution in [2.45, 2.75) is 0 Å². The SMILES string of the molecule is c1ccc(-c2cccc(-c3nc(-c4cccc5c4sc4ccccc45)nc(-n4c5ccccc5c5cc6c(cc54)c4ccccc4n6-c4ccccc4)n3)c2)cc1. The van der Waals surface area contributed by atoms with Gasteiger partial charge in [0, 0.05) is 58.5 Å². The minimum atomic E-state index is 0.579. The van der Waals surface area contributed by atoms with Gasteiger partial charge in [0.15, 0.2) is 11.6 Å². The van der Waals surface area contributed by atoms with Crippen LogP contribution >= 0.6 is 11.3 Å². The van der Waals surface area contributed by atoms with E-state index in [4.69, 9.17) is 15.0 Å². The zero-order chi connectivity index (χ0) is 37.5. The largest absolute Gasteiger partial charge is 0.309 e. The average molecular weight is 746 g/mol. The van der Waals surface area contributed by atoms with Crippen LogP contribution in [-0.2, 0) is 0 Å². The number of aromatic nitrogens is 5. The van der Waals surface area contributed by atoms with Gasteiger partial charge in [0.05, 0.1) is 22.1 Å². The van der Waals surface area contributed by atoms with E-state index in [2.05, 4.69) is 191 Å². The highest BCUT2D eigenvalue weighted by atomic mass is 32.1. The van der Waals surface area contributed by atoms with Crippen molar-refractivity contribution in [2.75, 3.05) is 0 Å². The summed E-state index contributed by atoms with van der Waals surface area (Å²) >= 11 is 1.79. The molecule has 6 heteroatoms. The van der Waals surface area contributed by atoms with Gasteiger partial charge in [-0.25, -0.2) is 4.98 Å². The van der Waals surface area contributed by atoms with Crippen LogP contribution in [0.25, 0.3) is 109 Å². The van der Waals surface area contributed by atoms with Crippen molar-refractivity contribution in [2.24, 2.45) is 0 Å². The first-order chi connectivity index (χ1) is 28.3. The molecule has 0 aliphatic carbocycles. The van der Waals surface area contributed by atoms with Crippen molar-refractivity contribution >= 4 is 75.1 Å². The smallest absolute Gasteiger partial charge is 0.238 e. The Morgan fingerprint density at radius 1 is 0.351 bits per heavy atom. The molecule has 8 aromatic carbocycles. The van der Waals surface area contributed by atoms with E-state index in [9.17, 15) is 0 Å². The Hall–Kier alpha value is -7.41. The number of hydrogen-bond acceptors (Lipinski definition) is 4. The summed E-state index contributed by atoms with van der Waals surface area (Å²) in [6, 6.07) is 66.6. The molecule has 0 unspecified atom stereocenters. The van der Waals surface area contributed by atoms with Gasteiger partial charge in [-0.2, -0.15) is 9.97 Å². The summed E-state index contributed by atoms with van der Waals surface area (Å²) in [4.78, 5) is 16.1. The average Bonchev–Trinajstić information content (AvgIpc) is 3.93. The van der Waals surface area contributed by atoms with E-state index < -0.39 is 0 Å². The molecule has 4 heterocycles. The summed E-state index contributed by atoms with van der Waals surface area (Å²) < 4.78 is 7.02. The van der Waals surface area contributed by atoms with E-state index in [1.807, 2.05) is 6.07 Å². The maximum Gasteiger partial charge on any atom is 0.238 e. The topological polar surface area (TPSA) is 48.5 Å². The number of hydrogen-bond donors (Lipinski definition) is 0. The molecule has 0 aliphatic rings. The van der Waals surface area contributed by atoms with Crippen LogP contribution < -0.4 is 0 Å². The molecule has 0 radical (unpaired) electrons. The van der Waals surface area contributed by atoms with Gasteiger partial charge < -0.3 is 4.57 Å². The minimum absolute atomic E-state index is 0.579. The third-order valence-electron chi connectivity index (χ3n) is 11.2. The van der Waals surface area contributed by atoms with Gasteiger partial charge in [0.25, 0.3) is 0 Å². The van der Waals surface area contributed by atoms with E-state index in [0.717, 1.165) is 60.0 Å². The summed E-state index contributed by atoms with van der Waals surface area (Å²) in [6.45, 7) is 0. The molecule has 0 saturated heterocycles. The normalized spacial score (nSPS) is 11.9. The van der Waals surface area contributed by atoms with Gasteiger partial charge in [-0.15, -0.1) is 11.3 Å². The molecule has 0 spiro atoms. The van der Waals surface area contributed by atoms with Crippen LogP contribution in [0.3, 0.4) is 0 Å². The fraction of sp³-hybridized carbons (Fsp3) is 0. The van der Waals surface area contributed by atoms with E-state index in [0.29, 0.717) is 17.6 Å². The van der Waals surface area contributed by atoms with Gasteiger partial charge in [0.2, 0.25) is 5.95 Å². The van der Waals surface area contributed by atoms with Gasteiger partial charge >= 0.3 is 0 Å². The van der Waals surface area contributed by atoms with Crippen molar-refractivity contribution < 1.29 is 0 Å². The Balaban J connectivity index is 1.17. The first-order valence-electron chi connectivity index (χ1n) is 19.1. The fourth-order valence-electron chi connectivity index (χ4n) is 8.61. The van der Waals surface area contributed by atoms with Gasteiger partial charge in [-0.1, -0.05) is 133 Å². The molecule has 0 fully saturated rings. The second-order valence-electron chi connectivity index (χ2n) is 14.4. The molecule has 57 heavy (non-hydrogen) atoms. The maximum absolute atomic E-state index is 5.41. The summed E-state index contributed by atoms with van der Waals surface area (Å²) in [5, 5.41) is 7.09. The van der Waals surface area contributed by atoms with Crippen LogP contribution in [0.15, 0.2) is 188 Å². The monoisotopic (exact) mass is 745 g/mol. The third kappa shape index (κ3) is 4.98. The van der Waals surface area contributed by atoms with E-state index in [1.165, 1.54) is 31.8 Å². The first-order valence-corrected chi connectivity index (χ1v) is 19.9. The Morgan fingerprint density at radius 3 is 1.68 bits per heavy atom. The standard InChI is InChI=1S/C51H31N5S/c1-3-15-32(16-4-1)33-17-13-18-34(29-33)49-52-50(40-25-14-24-39-38-23-9-12-28-47(38)57-48(39)40)54-51(53-49)56-44-27-11-8-22-37(44)42-30-45-41(31-46(42)56)36-21-7-10-26-43(36)55(45)35-19-5-2-6-20-35/h1-31H. The predicted molar refractivity (Wildman–Crippen MR) is 238 cm³/mol. The van der Waals surface area contributed by atoms with Crippen LogP contribution in [0.2, 0.25) is 0 Å². The van der Waals surface area contributed by atoms with Gasteiger partial charge in [-0.3, -0.25) is 4.57 Å². The number of rotatable bonds is 5. The molecule has 0 amide bonds. The van der Waals surface area contributed by atoms with Crippen LogP contribution in [-0.4, -0.2) is 24.1 Å². The third-order valence-corrected chi connectivity index (χ3v) is 12.4. The Kier molecular flexibility index (Phi) is 7.03. The lowest BCUT2D eigenvalue weighted by Crippen LogP contribution is -2.06. The van der Waals surface area contributed by atoms with Crippen molar-refractivity contribution in [1.82, 2.24) is 24.1 Å². The summed E-state index contributed by atoms with van der Waals surface area (Å²) in [6.07, 6.45) is 0. The lowest BCUT2D eigenvalue weighted by Gasteiger charge is -2.12. The molecule has 0 aliphatic heterocycles. The Morgan fingerprint density at radius 2 is 0.912 bits per heavy atom. The number of thiophene rings is 1. The Labute approximate surface area is 331 Å². The number of nitrogens with zero attached hydrogens (tertiary/aromatic N) is 5. The van der Waals surface area contributed by atoms with Crippen molar-refractivity contribution in [3.05, 3.63) is 188 Å². The fourth-order valence-corrected chi connectivity index (χ4v) is 9.82. The zero-order valence-corrected chi connectivity index (χ0v) is 31.4. The number of fused-ring (bicyclic) bond motifs is 9. The summed E-state index contributed by atoms with van der Waals surface area (Å²) in [5.41, 5.74) is 9.71. The lowest BCUT2D eigenvalue weighted by molar-refractivity contribution is 0.955. The molecule has 12 aromatic rings. The highest BCUT2D eigenvalue weighted by Crippen LogP contribution is 2.42. The molecule has 4 aromatic heterocycles. The quantitative estimate of drug-likeness (QED) is 0.176. The molecular weight excluding hydrogens is 715 g/mol. The zero-order valence-electron chi connectivity index (χ0n) is 30.5. The Bertz CT molecular complexity index is 3520. The van der Waals surface area contributed by atoms with E-state index in [1.54, 1.807) is 11.3 Å². The van der Waals surface area contributed by atoms with Gasteiger partial charge in [-0.05, 0) is 65.7 Å². The van der Waals surface area contributed by atoms with Crippen molar-refractivity contribution in [1.29, 1.82) is 0 Å². The molecule has 0 atom stereocenters. The molecular formula is C51H31N5S. The summed E-state index contributed by atoms with van der Waals surface area (Å²) in [7, 11) is 0. The minimum Gasteiger partial charge on any atom is -0.309 e. The maximum atomic E-state index is 5.41. The van der Waals surface area contributed by atoms with Crippen LogP contribution in [0.1, 0.15) is 0 Å². The van der Waals surface area contributed by atoms with Crippen LogP contribution in [0.5, 0.6) is 0 Å². The van der Waals surface area contributed by atoms with Crippen LogP contribution in [0, 0.1) is 0 Å². The second kappa shape index (κ2) is 12.6. The molecule has 5 nitrogen and oxygen atoms in total. The highest BCUT2D eigenvalue weighted by molar-refractivity contribution is 7.26. The second-order valence-corrected chi connectivity index (χ2v) is 15.5. The van der Waals surface area contributed by atoms with E-state index >= 15 is 0 Å². The van der Waals surface area contributed by atoms with Crippen molar-refractivity contribution in [3.8, 4) is 45.5 Å². The predicted octanol–water partition coefficient (Wildman–Crippen LogP) is 13.4. The van der Waals surface area contributed by atoms with Gasteiger partial charge in [0.1, 0.15) is 0 Å². The van der Waals surface area contributed by atoms with Crippen molar-refractivity contribution in [3.63, 3.8) is 0 Å². The highest BCUT2D eigenvalue weighted by Gasteiger charge is 2.22. The lowest BCUT2D eigenvalue weighted by atomic mass is 10.0. The summed E-state index contributed by atoms with van der Waals surface area (Å²) in [5.74, 6) is 1.85. The molecule has 266 valence electrons. The molecule has 0 N–H and O–H groups in total. The number of para-hydroxylation sites is 3. The number of benzene rings is 8. The molecule has 0 saturated carbocycles.